The van der Waals surface area contributed by atoms with E-state index >= 15 is 0 Å². The minimum atomic E-state index is -0.00335. The third-order valence-electron chi connectivity index (χ3n) is 4.23. The Hall–Kier alpha value is -2.56. The fraction of sp³-hybridized carbons (Fsp3) is 0.333. The number of benzene rings is 1. The van der Waals surface area contributed by atoms with Gasteiger partial charge in [-0.05, 0) is 29.8 Å². The largest absolute Gasteiger partial charge is 0.497 e. The lowest BCUT2D eigenvalue weighted by Crippen LogP contribution is -2.38. The second-order valence-electron chi connectivity index (χ2n) is 5.78. The number of aromatic nitrogens is 1. The van der Waals surface area contributed by atoms with Crippen molar-refractivity contribution < 1.29 is 9.53 Å². The van der Waals surface area contributed by atoms with E-state index < -0.39 is 0 Å². The van der Waals surface area contributed by atoms with Crippen LogP contribution in [0.25, 0.3) is 0 Å². The summed E-state index contributed by atoms with van der Waals surface area (Å²) in [5.41, 5.74) is 1.20. The second kappa shape index (κ2) is 6.69. The lowest BCUT2D eigenvalue weighted by atomic mass is 9.94. The molecule has 120 valence electrons. The van der Waals surface area contributed by atoms with Crippen LogP contribution >= 0.6 is 0 Å². The summed E-state index contributed by atoms with van der Waals surface area (Å²) in [4.78, 5) is 18.2. The molecule has 2 aromatic rings. The lowest BCUT2D eigenvalue weighted by Gasteiger charge is -2.19. The van der Waals surface area contributed by atoms with Crippen molar-refractivity contribution in [1.29, 1.82) is 0 Å². The number of nitrogens with one attached hydrogen (secondary N) is 1. The average Bonchev–Trinajstić information content (AvgIpc) is 2.99. The summed E-state index contributed by atoms with van der Waals surface area (Å²) in [6, 6.07) is 14.0. The van der Waals surface area contributed by atoms with Crippen LogP contribution in [0.15, 0.2) is 48.7 Å². The molecule has 1 aromatic carbocycles. The number of nitrogens with zero attached hydrogens (tertiary/aromatic N) is 2. The number of methoxy groups -OCH3 is 1. The normalized spacial score (nSPS) is 20.3. The Morgan fingerprint density at radius 3 is 2.61 bits per heavy atom. The average molecular weight is 311 g/mol. The summed E-state index contributed by atoms with van der Waals surface area (Å²) >= 11 is 0. The van der Waals surface area contributed by atoms with Gasteiger partial charge in [-0.15, -0.1) is 0 Å². The van der Waals surface area contributed by atoms with Crippen molar-refractivity contribution in [3.63, 3.8) is 0 Å². The maximum atomic E-state index is 11.6. The van der Waals surface area contributed by atoms with Crippen LogP contribution < -0.4 is 15.0 Å². The first-order valence-electron chi connectivity index (χ1n) is 7.74. The zero-order chi connectivity index (χ0) is 16.2. The first kappa shape index (κ1) is 15.3. The molecule has 2 unspecified atom stereocenters. The lowest BCUT2D eigenvalue weighted by molar-refractivity contribution is -0.119. The van der Waals surface area contributed by atoms with Crippen LogP contribution in [0.4, 0.5) is 5.82 Å². The smallest absolute Gasteiger partial charge is 0.217 e. The summed E-state index contributed by atoms with van der Waals surface area (Å²) in [7, 11) is 1.66. The zero-order valence-electron chi connectivity index (χ0n) is 13.4. The molecule has 3 rings (SSSR count). The van der Waals surface area contributed by atoms with E-state index in [1.165, 1.54) is 5.56 Å². The zero-order valence-corrected chi connectivity index (χ0v) is 13.4. The number of pyridine rings is 1. The highest BCUT2D eigenvalue weighted by atomic mass is 16.5. The summed E-state index contributed by atoms with van der Waals surface area (Å²) in [6.45, 7) is 3.15. The Morgan fingerprint density at radius 2 is 2.00 bits per heavy atom. The maximum absolute atomic E-state index is 11.6. The molecule has 0 aliphatic carbocycles. The number of anilines is 1. The molecule has 1 aromatic heterocycles. The van der Waals surface area contributed by atoms with Gasteiger partial charge in [0.25, 0.3) is 0 Å². The Bertz CT molecular complexity index is 658. The van der Waals surface area contributed by atoms with E-state index in [1.54, 1.807) is 20.2 Å². The van der Waals surface area contributed by atoms with E-state index in [2.05, 4.69) is 27.3 Å². The van der Waals surface area contributed by atoms with E-state index in [4.69, 9.17) is 4.74 Å². The maximum Gasteiger partial charge on any atom is 0.217 e. The van der Waals surface area contributed by atoms with Crippen LogP contribution in [0.3, 0.4) is 0 Å². The van der Waals surface area contributed by atoms with E-state index in [-0.39, 0.29) is 17.9 Å². The fourth-order valence-corrected chi connectivity index (χ4v) is 3.13. The highest BCUT2D eigenvalue weighted by molar-refractivity contribution is 5.73. The fourth-order valence-electron chi connectivity index (χ4n) is 3.13. The van der Waals surface area contributed by atoms with Crippen LogP contribution in [-0.4, -0.2) is 37.1 Å². The minimum absolute atomic E-state index is 0.00335. The van der Waals surface area contributed by atoms with Crippen molar-refractivity contribution in [2.45, 2.75) is 18.9 Å². The molecule has 1 N–H and O–H groups in total. The summed E-state index contributed by atoms with van der Waals surface area (Å²) in [5, 5.41) is 3.08. The highest BCUT2D eigenvalue weighted by Gasteiger charge is 2.34. The number of rotatable bonds is 4. The third kappa shape index (κ3) is 3.44. The minimum Gasteiger partial charge on any atom is -0.497 e. The molecule has 5 nitrogen and oxygen atoms in total. The van der Waals surface area contributed by atoms with E-state index in [9.17, 15) is 4.79 Å². The number of hydrogen-bond donors (Lipinski definition) is 1. The Labute approximate surface area is 136 Å². The molecule has 1 fully saturated rings. The first-order valence-corrected chi connectivity index (χ1v) is 7.74. The van der Waals surface area contributed by atoms with E-state index in [0.29, 0.717) is 0 Å². The molecule has 1 saturated heterocycles. The summed E-state index contributed by atoms with van der Waals surface area (Å²) in [6.07, 6.45) is 1.80. The van der Waals surface area contributed by atoms with Crippen LogP contribution in [0, 0.1) is 0 Å². The molecule has 23 heavy (non-hydrogen) atoms. The van der Waals surface area contributed by atoms with Crippen LogP contribution in [0.2, 0.25) is 0 Å². The number of amides is 1. The molecule has 5 heteroatoms. The quantitative estimate of drug-likeness (QED) is 0.940. The molecule has 0 radical (unpaired) electrons. The van der Waals surface area contributed by atoms with Crippen molar-refractivity contribution in [1.82, 2.24) is 10.3 Å². The molecule has 0 saturated carbocycles. The SMILES string of the molecule is COc1ccc(C2CN(c3ccccn3)CC2NC(C)=O)cc1. The summed E-state index contributed by atoms with van der Waals surface area (Å²) < 4.78 is 5.22. The van der Waals surface area contributed by atoms with E-state index in [0.717, 1.165) is 24.7 Å². The molecule has 0 bridgehead atoms. The Kier molecular flexibility index (Phi) is 4.46. The molecule has 2 heterocycles. The van der Waals surface area contributed by atoms with Gasteiger partial charge in [0, 0.05) is 32.1 Å². The predicted octanol–water partition coefficient (Wildman–Crippen LogP) is 2.20. The number of hydrogen-bond acceptors (Lipinski definition) is 4. The van der Waals surface area contributed by atoms with Crippen molar-refractivity contribution in [3.05, 3.63) is 54.2 Å². The van der Waals surface area contributed by atoms with Gasteiger partial charge in [0.15, 0.2) is 0 Å². The molecule has 1 amide bonds. The topological polar surface area (TPSA) is 54.5 Å². The third-order valence-corrected chi connectivity index (χ3v) is 4.23. The van der Waals surface area contributed by atoms with Gasteiger partial charge in [-0.2, -0.15) is 0 Å². The summed E-state index contributed by atoms with van der Waals surface area (Å²) in [5.74, 6) is 2.01. The molecule has 2 atom stereocenters. The van der Waals surface area contributed by atoms with Gasteiger partial charge in [-0.3, -0.25) is 4.79 Å². The van der Waals surface area contributed by atoms with Gasteiger partial charge in [0.2, 0.25) is 5.91 Å². The molecule has 1 aliphatic heterocycles. The predicted molar refractivity (Wildman–Crippen MR) is 89.8 cm³/mol. The van der Waals surface area contributed by atoms with Crippen LogP contribution in [0.1, 0.15) is 18.4 Å². The van der Waals surface area contributed by atoms with Gasteiger partial charge in [0.1, 0.15) is 11.6 Å². The van der Waals surface area contributed by atoms with Gasteiger partial charge < -0.3 is 15.0 Å². The molecule has 1 aliphatic rings. The number of ether oxygens (including phenoxy) is 1. The van der Waals surface area contributed by atoms with Crippen molar-refractivity contribution in [2.75, 3.05) is 25.1 Å². The van der Waals surface area contributed by atoms with Gasteiger partial charge >= 0.3 is 0 Å². The van der Waals surface area contributed by atoms with Crippen molar-refractivity contribution >= 4 is 11.7 Å². The monoisotopic (exact) mass is 311 g/mol. The Morgan fingerprint density at radius 1 is 1.22 bits per heavy atom. The van der Waals surface area contributed by atoms with Crippen LogP contribution in [-0.2, 0) is 4.79 Å². The highest BCUT2D eigenvalue weighted by Crippen LogP contribution is 2.31. The van der Waals surface area contributed by atoms with Gasteiger partial charge in [-0.25, -0.2) is 4.98 Å². The second-order valence-corrected chi connectivity index (χ2v) is 5.78. The van der Waals surface area contributed by atoms with Gasteiger partial charge in [0.05, 0.1) is 13.2 Å². The first-order chi connectivity index (χ1) is 11.2. The molecule has 0 spiro atoms. The van der Waals surface area contributed by atoms with E-state index in [1.807, 2.05) is 30.3 Å². The molecular formula is C18H21N3O2. The standard InChI is InChI=1S/C18H21N3O2/c1-13(22)20-17-12-21(18-5-3-4-10-19-18)11-16(17)14-6-8-15(23-2)9-7-14/h3-10,16-17H,11-12H2,1-2H3,(H,20,22). The number of carbonyl (C=O) groups is 1. The van der Waals surface area contributed by atoms with Crippen LogP contribution in [0.5, 0.6) is 5.75 Å². The molecular weight excluding hydrogens is 290 g/mol. The van der Waals surface area contributed by atoms with Crippen molar-refractivity contribution in [2.24, 2.45) is 0 Å². The number of carbonyl (C=O) groups excluding carboxylic acids is 1. The van der Waals surface area contributed by atoms with Crippen molar-refractivity contribution in [3.8, 4) is 5.75 Å². The Balaban J connectivity index is 1.84. The van der Waals surface area contributed by atoms with Gasteiger partial charge in [-0.1, -0.05) is 18.2 Å².